The molecule has 7 heteroatoms. The van der Waals surface area contributed by atoms with Crippen LogP contribution in [0.1, 0.15) is 5.82 Å². The summed E-state index contributed by atoms with van der Waals surface area (Å²) in [5.74, 6) is 0.974. The molecular weight excluding hydrogens is 280 g/mol. The number of nitrogens with one attached hydrogen (secondary N) is 2. The van der Waals surface area contributed by atoms with E-state index in [0.717, 1.165) is 16.4 Å². The molecule has 0 aliphatic heterocycles. The minimum atomic E-state index is -0.0642. The van der Waals surface area contributed by atoms with Gasteiger partial charge in [0.05, 0.1) is 5.75 Å². The highest BCUT2D eigenvalue weighted by molar-refractivity contribution is 7.99. The smallest absolute Gasteiger partial charge is 0.234 e. The highest BCUT2D eigenvalue weighted by atomic mass is 32.2. The lowest BCUT2D eigenvalue weighted by Crippen LogP contribution is -2.14. The van der Waals surface area contributed by atoms with Gasteiger partial charge >= 0.3 is 0 Å². The third-order valence-electron chi connectivity index (χ3n) is 2.26. The van der Waals surface area contributed by atoms with Gasteiger partial charge in [0.15, 0.2) is 0 Å². The predicted octanol–water partition coefficient (Wildman–Crippen LogP) is 2.57. The fourth-order valence-corrected chi connectivity index (χ4v) is 2.52. The van der Waals surface area contributed by atoms with Crippen LogP contribution in [0, 0.1) is 6.92 Å². The van der Waals surface area contributed by atoms with Gasteiger partial charge < -0.3 is 5.32 Å². The second kappa shape index (κ2) is 6.63. The Morgan fingerprint density at radius 2 is 2.32 bits per heavy atom. The number of anilines is 1. The quantitative estimate of drug-likeness (QED) is 0.829. The fourth-order valence-electron chi connectivity index (χ4n) is 1.41. The van der Waals surface area contributed by atoms with Gasteiger partial charge in [-0.25, -0.2) is 4.98 Å². The van der Waals surface area contributed by atoms with E-state index in [-0.39, 0.29) is 5.91 Å². The number of carbonyl (C=O) groups is 1. The second-order valence-corrected chi connectivity index (χ2v) is 5.59. The molecule has 1 amide bonds. The Labute approximate surface area is 120 Å². The monoisotopic (exact) mass is 294 g/mol. The lowest BCUT2D eigenvalue weighted by Gasteiger charge is -2.05. The first kappa shape index (κ1) is 14.0. The number of aryl methyl sites for hydroxylation is 1. The topological polar surface area (TPSA) is 70.7 Å². The van der Waals surface area contributed by atoms with E-state index in [0.29, 0.717) is 10.9 Å². The highest BCUT2D eigenvalue weighted by Crippen LogP contribution is 2.19. The van der Waals surface area contributed by atoms with Crippen molar-refractivity contribution in [3.63, 3.8) is 0 Å². The van der Waals surface area contributed by atoms with Crippen molar-refractivity contribution in [1.29, 1.82) is 0 Å². The summed E-state index contributed by atoms with van der Waals surface area (Å²) in [5, 5.41) is 10.1. The highest BCUT2D eigenvalue weighted by Gasteiger charge is 2.07. The summed E-state index contributed by atoms with van der Waals surface area (Å²) >= 11 is 2.95. The molecule has 0 unspecified atom stereocenters. The van der Waals surface area contributed by atoms with Gasteiger partial charge in [-0.3, -0.25) is 9.89 Å². The first-order chi connectivity index (χ1) is 9.17. The SMILES string of the molecule is CSc1cccc(NC(=O)CSc2n[nH]c(C)n2)c1. The first-order valence-corrected chi connectivity index (χ1v) is 7.84. The normalized spacial score (nSPS) is 10.4. The van der Waals surface area contributed by atoms with Crippen molar-refractivity contribution in [2.75, 3.05) is 17.3 Å². The molecule has 19 heavy (non-hydrogen) atoms. The van der Waals surface area contributed by atoms with Crippen LogP contribution in [0.15, 0.2) is 34.3 Å². The lowest BCUT2D eigenvalue weighted by molar-refractivity contribution is -0.113. The Balaban J connectivity index is 1.86. The number of carbonyl (C=O) groups excluding carboxylic acids is 1. The van der Waals surface area contributed by atoms with Crippen LogP contribution in [0.2, 0.25) is 0 Å². The number of H-pyrrole nitrogens is 1. The van der Waals surface area contributed by atoms with E-state index in [2.05, 4.69) is 20.5 Å². The Bertz CT molecular complexity index is 570. The van der Waals surface area contributed by atoms with E-state index >= 15 is 0 Å². The van der Waals surface area contributed by atoms with E-state index in [4.69, 9.17) is 0 Å². The maximum atomic E-state index is 11.8. The average Bonchev–Trinajstić information content (AvgIpc) is 2.82. The third-order valence-corrected chi connectivity index (χ3v) is 3.84. The maximum absolute atomic E-state index is 11.8. The third kappa shape index (κ3) is 4.29. The molecule has 0 atom stereocenters. The number of rotatable bonds is 5. The molecule has 0 saturated carbocycles. The number of hydrogen-bond donors (Lipinski definition) is 2. The van der Waals surface area contributed by atoms with E-state index in [9.17, 15) is 4.79 Å². The molecule has 0 radical (unpaired) electrons. The molecule has 1 heterocycles. The van der Waals surface area contributed by atoms with E-state index in [1.54, 1.807) is 11.8 Å². The Morgan fingerprint density at radius 1 is 1.47 bits per heavy atom. The maximum Gasteiger partial charge on any atom is 0.234 e. The number of aromatic amines is 1. The molecule has 1 aromatic carbocycles. The van der Waals surface area contributed by atoms with Crippen molar-refractivity contribution in [3.05, 3.63) is 30.1 Å². The minimum Gasteiger partial charge on any atom is -0.325 e. The van der Waals surface area contributed by atoms with Crippen molar-refractivity contribution in [2.45, 2.75) is 17.0 Å². The molecule has 0 spiro atoms. The zero-order valence-electron chi connectivity index (χ0n) is 10.6. The Kier molecular flexibility index (Phi) is 4.86. The van der Waals surface area contributed by atoms with Crippen LogP contribution < -0.4 is 5.32 Å². The molecule has 0 aliphatic carbocycles. The van der Waals surface area contributed by atoms with Gasteiger partial charge in [0.2, 0.25) is 11.1 Å². The van der Waals surface area contributed by atoms with Gasteiger partial charge in [-0.15, -0.1) is 16.9 Å². The van der Waals surface area contributed by atoms with E-state index in [1.807, 2.05) is 37.4 Å². The summed E-state index contributed by atoms with van der Waals surface area (Å²) in [6.07, 6.45) is 2.00. The van der Waals surface area contributed by atoms with Gasteiger partial charge in [-0.1, -0.05) is 17.8 Å². The zero-order chi connectivity index (χ0) is 13.7. The van der Waals surface area contributed by atoms with Crippen LogP contribution in [-0.4, -0.2) is 33.1 Å². The lowest BCUT2D eigenvalue weighted by atomic mass is 10.3. The van der Waals surface area contributed by atoms with Gasteiger partial charge in [0, 0.05) is 10.6 Å². The first-order valence-electron chi connectivity index (χ1n) is 5.63. The van der Waals surface area contributed by atoms with Crippen molar-refractivity contribution in [2.24, 2.45) is 0 Å². The summed E-state index contributed by atoms with van der Waals surface area (Å²) in [5.41, 5.74) is 0.809. The molecule has 100 valence electrons. The summed E-state index contributed by atoms with van der Waals surface area (Å²) < 4.78 is 0. The molecule has 2 rings (SSSR count). The number of aromatic nitrogens is 3. The standard InChI is InChI=1S/C12H14N4OS2/c1-8-13-12(16-15-8)19-7-11(17)14-9-4-3-5-10(6-9)18-2/h3-6H,7H2,1-2H3,(H,14,17)(H,13,15,16). The van der Waals surface area contributed by atoms with Gasteiger partial charge in [0.1, 0.15) is 5.82 Å². The average molecular weight is 294 g/mol. The molecule has 0 aliphatic rings. The molecule has 0 fully saturated rings. The van der Waals surface area contributed by atoms with Gasteiger partial charge in [-0.2, -0.15) is 0 Å². The molecule has 2 aromatic rings. The molecule has 2 N–H and O–H groups in total. The molecule has 5 nitrogen and oxygen atoms in total. The Morgan fingerprint density at radius 3 is 3.00 bits per heavy atom. The van der Waals surface area contributed by atoms with E-state index in [1.165, 1.54) is 11.8 Å². The number of benzene rings is 1. The minimum absolute atomic E-state index is 0.0642. The van der Waals surface area contributed by atoms with E-state index < -0.39 is 0 Å². The Hall–Kier alpha value is -1.47. The number of thioether (sulfide) groups is 2. The van der Waals surface area contributed by atoms with Crippen LogP contribution in [0.4, 0.5) is 5.69 Å². The van der Waals surface area contributed by atoms with Crippen molar-refractivity contribution < 1.29 is 4.79 Å². The van der Waals surface area contributed by atoms with Crippen LogP contribution >= 0.6 is 23.5 Å². The zero-order valence-corrected chi connectivity index (χ0v) is 12.3. The summed E-state index contributed by atoms with van der Waals surface area (Å²) in [4.78, 5) is 17.0. The second-order valence-electron chi connectivity index (χ2n) is 3.77. The van der Waals surface area contributed by atoms with Gasteiger partial charge in [-0.05, 0) is 31.4 Å². The largest absolute Gasteiger partial charge is 0.325 e. The van der Waals surface area contributed by atoms with Crippen molar-refractivity contribution in [3.8, 4) is 0 Å². The van der Waals surface area contributed by atoms with Gasteiger partial charge in [0.25, 0.3) is 0 Å². The summed E-state index contributed by atoms with van der Waals surface area (Å²) in [6, 6.07) is 7.75. The predicted molar refractivity (Wildman–Crippen MR) is 78.7 cm³/mol. The van der Waals surface area contributed by atoms with Crippen LogP contribution in [0.5, 0.6) is 0 Å². The molecular formula is C12H14N4OS2. The molecule has 0 saturated heterocycles. The van der Waals surface area contributed by atoms with Crippen LogP contribution in [0.3, 0.4) is 0 Å². The van der Waals surface area contributed by atoms with Crippen LogP contribution in [0.25, 0.3) is 0 Å². The molecule has 0 bridgehead atoms. The van der Waals surface area contributed by atoms with Crippen LogP contribution in [-0.2, 0) is 4.79 Å². The summed E-state index contributed by atoms with van der Waals surface area (Å²) in [6.45, 7) is 1.82. The molecule has 1 aromatic heterocycles. The van der Waals surface area contributed by atoms with Crippen molar-refractivity contribution in [1.82, 2.24) is 15.2 Å². The summed E-state index contributed by atoms with van der Waals surface area (Å²) in [7, 11) is 0. The fraction of sp³-hybridized carbons (Fsp3) is 0.250. The number of hydrogen-bond acceptors (Lipinski definition) is 5. The van der Waals surface area contributed by atoms with Crippen molar-refractivity contribution >= 4 is 35.1 Å². The number of nitrogens with zero attached hydrogens (tertiary/aromatic N) is 2. The number of amides is 1.